The number of ketones is 1. The van der Waals surface area contributed by atoms with E-state index in [1.54, 1.807) is 0 Å². The predicted molar refractivity (Wildman–Crippen MR) is 108 cm³/mol. The van der Waals surface area contributed by atoms with Crippen LogP contribution in [0.2, 0.25) is 0 Å². The molecule has 0 atom stereocenters. The van der Waals surface area contributed by atoms with Gasteiger partial charge in [0.2, 0.25) is 0 Å². The molecule has 9 heteroatoms. The number of nitrogens with zero attached hydrogens (tertiary/aromatic N) is 1. The summed E-state index contributed by atoms with van der Waals surface area (Å²) >= 11 is 0. The minimum Gasteiger partial charge on any atom is -0.512 e. The zero-order valence-corrected chi connectivity index (χ0v) is 20.9. The van der Waals surface area contributed by atoms with Crippen LogP contribution < -0.4 is 0 Å². The molecular weight excluding hydrogens is 609 g/mol. The first kappa shape index (κ1) is 29.9. The zero-order valence-electron chi connectivity index (χ0n) is 18.5. The van der Waals surface area contributed by atoms with Gasteiger partial charge in [0.05, 0.1) is 11.6 Å². The van der Waals surface area contributed by atoms with Crippen molar-refractivity contribution in [3.05, 3.63) is 65.6 Å². The first-order valence-electron chi connectivity index (χ1n) is 9.30. The number of halogens is 5. The van der Waals surface area contributed by atoms with Gasteiger partial charge < -0.3 is 10.1 Å². The van der Waals surface area contributed by atoms with Gasteiger partial charge in [-0.25, -0.2) is 0 Å². The Balaban J connectivity index is 0.000000617. The van der Waals surface area contributed by atoms with E-state index in [0.717, 1.165) is 0 Å². The molecule has 1 aromatic carbocycles. The van der Waals surface area contributed by atoms with Crippen molar-refractivity contribution in [3.63, 3.8) is 0 Å². The zero-order chi connectivity index (χ0) is 24.2. The molecule has 3 nitrogen and oxygen atoms in total. The van der Waals surface area contributed by atoms with E-state index in [2.05, 4.69) is 11.1 Å². The number of benzene rings is 1. The Hall–Kier alpha value is -2.12. The molecule has 1 radical (unpaired) electrons. The van der Waals surface area contributed by atoms with Crippen LogP contribution in [0.25, 0.3) is 11.3 Å². The second kappa shape index (κ2) is 11.1. The van der Waals surface area contributed by atoms with Gasteiger partial charge in [-0.15, -0.1) is 12.1 Å². The fourth-order valence-electron chi connectivity index (χ4n) is 2.01. The summed E-state index contributed by atoms with van der Waals surface area (Å²) in [7, 11) is 0. The van der Waals surface area contributed by atoms with Gasteiger partial charge in [0, 0.05) is 48.8 Å². The Morgan fingerprint density at radius 2 is 1.59 bits per heavy atom. The summed E-state index contributed by atoms with van der Waals surface area (Å²) in [4.78, 5) is 15.2. The van der Waals surface area contributed by atoms with Crippen molar-refractivity contribution >= 4 is 5.78 Å². The molecule has 1 heterocycles. The first-order chi connectivity index (χ1) is 14.0. The summed E-state index contributed by atoms with van der Waals surface area (Å²) in [6.07, 6.45) is -2.48. The van der Waals surface area contributed by atoms with Crippen LogP contribution in [0.1, 0.15) is 47.1 Å². The number of allylic oxidation sites excluding steroid dienone is 2. The minimum atomic E-state index is -5.10. The van der Waals surface area contributed by atoms with E-state index in [1.807, 2.05) is 41.5 Å². The van der Waals surface area contributed by atoms with Gasteiger partial charge in [-0.1, -0.05) is 59.2 Å². The van der Waals surface area contributed by atoms with E-state index in [0.29, 0.717) is 6.07 Å². The number of rotatable bonds is 2. The molecule has 2 rings (SSSR count). The largest absolute Gasteiger partial charge is 0.512 e. The molecular formula is C23H25F5IrNO2-. The Morgan fingerprint density at radius 3 is 2.00 bits per heavy atom. The van der Waals surface area contributed by atoms with Crippen LogP contribution >= 0.6 is 0 Å². The number of aromatic nitrogens is 1. The van der Waals surface area contributed by atoms with Crippen LogP contribution in [0, 0.1) is 28.5 Å². The first-order valence-corrected chi connectivity index (χ1v) is 9.30. The SMILES string of the molecule is CC(C)(C)C(=O)/C=C(\O)C(C)(C)C.Fc1c[c-]c(-c2ccccn2)c(F)c1C(F)(F)F.[Ir]. The van der Waals surface area contributed by atoms with Crippen LogP contribution in [0.5, 0.6) is 0 Å². The summed E-state index contributed by atoms with van der Waals surface area (Å²) < 4.78 is 64.2. The molecule has 0 bridgehead atoms. The number of alkyl halides is 3. The van der Waals surface area contributed by atoms with Gasteiger partial charge in [0.15, 0.2) is 5.78 Å². The van der Waals surface area contributed by atoms with Crippen LogP contribution in [0.15, 0.2) is 42.3 Å². The van der Waals surface area contributed by atoms with Crippen LogP contribution in [-0.2, 0) is 31.1 Å². The Kier molecular flexibility index (Phi) is 10.4. The van der Waals surface area contributed by atoms with Gasteiger partial charge in [0.1, 0.15) is 5.76 Å². The molecule has 2 aromatic rings. The monoisotopic (exact) mass is 635 g/mol. The maximum Gasteiger partial charge on any atom is 0.405 e. The fraction of sp³-hybridized carbons (Fsp3) is 0.391. The number of hydrogen-bond acceptors (Lipinski definition) is 3. The third-order valence-corrected chi connectivity index (χ3v) is 4.00. The standard InChI is InChI=1S/C12H5F5N.C11H20O2.Ir/c13-8-5-4-7(9-3-1-2-6-18-9)11(14)10(8)12(15,16)17;1-10(2,3)8(12)7-9(13)11(4,5)6;/h1-3,5-6H;7,12H,1-6H3;/q-1;;/b;8-7-;. The molecule has 0 fully saturated rings. The molecule has 32 heavy (non-hydrogen) atoms. The van der Waals surface area contributed by atoms with Crippen LogP contribution in [0.4, 0.5) is 22.0 Å². The Labute approximate surface area is 198 Å². The maximum atomic E-state index is 13.7. The normalized spacial score (nSPS) is 12.4. The summed E-state index contributed by atoms with van der Waals surface area (Å²) in [5, 5.41) is 9.56. The molecule has 0 unspecified atom stereocenters. The van der Waals surface area contributed by atoms with Crippen molar-refractivity contribution in [3.8, 4) is 11.3 Å². The van der Waals surface area contributed by atoms with Gasteiger partial charge >= 0.3 is 6.18 Å². The topological polar surface area (TPSA) is 50.2 Å². The molecule has 1 N–H and O–H groups in total. The third kappa shape index (κ3) is 8.43. The van der Waals surface area contributed by atoms with Crippen molar-refractivity contribution < 1.29 is 52.0 Å². The number of carbonyl (C=O) groups excluding carboxylic acids is 1. The van der Waals surface area contributed by atoms with Gasteiger partial charge in [-0.05, 0) is 11.8 Å². The average molecular weight is 635 g/mol. The van der Waals surface area contributed by atoms with Crippen molar-refractivity contribution in [2.24, 2.45) is 10.8 Å². The van der Waals surface area contributed by atoms with E-state index >= 15 is 0 Å². The Morgan fingerprint density at radius 1 is 1.03 bits per heavy atom. The molecule has 0 amide bonds. The van der Waals surface area contributed by atoms with E-state index in [4.69, 9.17) is 0 Å². The summed E-state index contributed by atoms with van der Waals surface area (Å²) in [6, 6.07) is 6.89. The van der Waals surface area contributed by atoms with E-state index in [1.165, 1.54) is 30.5 Å². The summed E-state index contributed by atoms with van der Waals surface area (Å²) in [6.45, 7) is 11.1. The number of hydrogen-bond donors (Lipinski definition) is 1. The second-order valence-electron chi connectivity index (χ2n) is 8.81. The molecule has 0 spiro atoms. The van der Waals surface area contributed by atoms with Crippen molar-refractivity contribution in [1.82, 2.24) is 4.98 Å². The van der Waals surface area contributed by atoms with E-state index in [-0.39, 0.29) is 42.8 Å². The van der Waals surface area contributed by atoms with E-state index in [9.17, 15) is 31.9 Å². The molecule has 0 saturated carbocycles. The van der Waals surface area contributed by atoms with Crippen molar-refractivity contribution in [2.75, 3.05) is 0 Å². The predicted octanol–water partition coefficient (Wildman–Crippen LogP) is 6.93. The van der Waals surface area contributed by atoms with Crippen molar-refractivity contribution in [1.29, 1.82) is 0 Å². The molecule has 0 aliphatic rings. The minimum absolute atomic E-state index is 0. The smallest absolute Gasteiger partial charge is 0.405 e. The second-order valence-corrected chi connectivity index (χ2v) is 8.81. The van der Waals surface area contributed by atoms with Crippen molar-refractivity contribution in [2.45, 2.75) is 47.7 Å². The van der Waals surface area contributed by atoms with Crippen LogP contribution in [-0.4, -0.2) is 15.9 Å². The number of aliphatic hydroxyl groups is 1. The summed E-state index contributed by atoms with van der Waals surface area (Å²) in [5.41, 5.74) is -3.24. The number of aliphatic hydroxyl groups excluding tert-OH is 1. The van der Waals surface area contributed by atoms with Gasteiger partial charge in [-0.2, -0.15) is 13.2 Å². The Bertz CT molecular complexity index is 944. The van der Waals surface area contributed by atoms with Crippen LogP contribution in [0.3, 0.4) is 0 Å². The number of carbonyl (C=O) groups is 1. The molecule has 1 aromatic heterocycles. The molecule has 0 aliphatic carbocycles. The van der Waals surface area contributed by atoms with Gasteiger partial charge in [-0.3, -0.25) is 13.6 Å². The quantitative estimate of drug-likeness (QED) is 0.169. The average Bonchev–Trinajstić information content (AvgIpc) is 2.60. The molecule has 179 valence electrons. The molecule has 0 saturated heterocycles. The maximum absolute atomic E-state index is 13.7. The fourth-order valence-corrected chi connectivity index (χ4v) is 2.01. The van der Waals surface area contributed by atoms with Gasteiger partial charge in [0.25, 0.3) is 0 Å². The molecule has 0 aliphatic heterocycles. The third-order valence-electron chi connectivity index (χ3n) is 4.00. The number of pyridine rings is 1. The summed E-state index contributed by atoms with van der Waals surface area (Å²) in [5.74, 6) is -3.30. The van der Waals surface area contributed by atoms with E-state index < -0.39 is 34.4 Å².